The molecule has 2 rings (SSSR count). The fourth-order valence-electron chi connectivity index (χ4n) is 2.63. The molecular formula is C15H20INO2. The number of halogens is 1. The molecule has 0 N–H and O–H groups in total. The molecule has 1 aromatic carbocycles. The third kappa shape index (κ3) is 4.37. The highest BCUT2D eigenvalue weighted by atomic mass is 127. The number of ether oxygens (including phenoxy) is 1. The van der Waals surface area contributed by atoms with Crippen molar-refractivity contribution in [2.75, 3.05) is 19.7 Å². The number of piperidine rings is 1. The highest BCUT2D eigenvalue weighted by Gasteiger charge is 2.25. The molecule has 3 nitrogen and oxygen atoms in total. The lowest BCUT2D eigenvalue weighted by molar-refractivity contribution is -0.136. The summed E-state index contributed by atoms with van der Waals surface area (Å²) in [5.74, 6) is 2.03. The number of carbonyl (C=O) groups is 1. The first kappa shape index (κ1) is 14.6. The molecule has 1 saturated heterocycles. The lowest BCUT2D eigenvalue weighted by Crippen LogP contribution is -2.44. The van der Waals surface area contributed by atoms with E-state index < -0.39 is 0 Å². The van der Waals surface area contributed by atoms with Crippen LogP contribution in [-0.4, -0.2) is 30.5 Å². The Kier molecular flexibility index (Phi) is 5.07. The lowest BCUT2D eigenvalue weighted by atomic mass is 9.92. The Labute approximate surface area is 128 Å². The van der Waals surface area contributed by atoms with Gasteiger partial charge >= 0.3 is 0 Å². The van der Waals surface area contributed by atoms with E-state index in [2.05, 4.69) is 36.4 Å². The summed E-state index contributed by atoms with van der Waals surface area (Å²) in [6.07, 6.45) is 1.21. The van der Waals surface area contributed by atoms with E-state index in [0.717, 1.165) is 22.4 Å². The minimum atomic E-state index is 0.0944. The molecule has 1 amide bonds. The molecule has 2 unspecified atom stereocenters. The summed E-state index contributed by atoms with van der Waals surface area (Å²) in [7, 11) is 0. The van der Waals surface area contributed by atoms with Gasteiger partial charge in [0.1, 0.15) is 5.75 Å². The predicted molar refractivity (Wildman–Crippen MR) is 84.2 cm³/mol. The molecule has 0 spiro atoms. The summed E-state index contributed by atoms with van der Waals surface area (Å²) >= 11 is 2.25. The molecule has 104 valence electrons. The van der Waals surface area contributed by atoms with E-state index in [9.17, 15) is 4.79 Å². The number of benzene rings is 1. The van der Waals surface area contributed by atoms with Gasteiger partial charge in [0.15, 0.2) is 6.61 Å². The molecule has 0 aliphatic carbocycles. The van der Waals surface area contributed by atoms with E-state index in [1.807, 2.05) is 29.2 Å². The largest absolute Gasteiger partial charge is 0.484 e. The SMILES string of the molecule is CC1CC(C)CN(C(=O)COc2ccc(I)cc2)C1. The number of hydrogen-bond donors (Lipinski definition) is 0. The fraction of sp³-hybridized carbons (Fsp3) is 0.533. The predicted octanol–water partition coefficient (Wildman–Crippen LogP) is 3.17. The third-order valence-corrected chi connectivity index (χ3v) is 4.12. The van der Waals surface area contributed by atoms with Gasteiger partial charge in [-0.05, 0) is 65.1 Å². The van der Waals surface area contributed by atoms with Crippen molar-refractivity contribution in [1.82, 2.24) is 4.90 Å². The van der Waals surface area contributed by atoms with Crippen molar-refractivity contribution in [3.8, 4) is 5.75 Å². The van der Waals surface area contributed by atoms with Gasteiger partial charge in [0, 0.05) is 16.7 Å². The highest BCUT2D eigenvalue weighted by molar-refractivity contribution is 14.1. The van der Waals surface area contributed by atoms with E-state index in [0.29, 0.717) is 11.8 Å². The van der Waals surface area contributed by atoms with Crippen molar-refractivity contribution in [1.29, 1.82) is 0 Å². The summed E-state index contributed by atoms with van der Waals surface area (Å²) in [4.78, 5) is 14.1. The van der Waals surface area contributed by atoms with Gasteiger partial charge in [-0.1, -0.05) is 13.8 Å². The zero-order valence-corrected chi connectivity index (χ0v) is 13.6. The molecule has 4 heteroatoms. The molecule has 1 aromatic rings. The zero-order chi connectivity index (χ0) is 13.8. The van der Waals surface area contributed by atoms with Crippen LogP contribution in [0.25, 0.3) is 0 Å². The molecule has 0 aromatic heterocycles. The Morgan fingerprint density at radius 2 is 1.84 bits per heavy atom. The van der Waals surface area contributed by atoms with Crippen LogP contribution in [0.4, 0.5) is 0 Å². The number of nitrogens with zero attached hydrogens (tertiary/aromatic N) is 1. The molecule has 0 radical (unpaired) electrons. The van der Waals surface area contributed by atoms with Gasteiger partial charge in [-0.2, -0.15) is 0 Å². The van der Waals surface area contributed by atoms with Gasteiger partial charge in [0.05, 0.1) is 0 Å². The van der Waals surface area contributed by atoms with Gasteiger partial charge in [-0.3, -0.25) is 4.79 Å². The molecule has 1 fully saturated rings. The second kappa shape index (κ2) is 6.59. The normalized spacial score (nSPS) is 23.2. The van der Waals surface area contributed by atoms with E-state index in [1.165, 1.54) is 6.42 Å². The monoisotopic (exact) mass is 373 g/mol. The maximum Gasteiger partial charge on any atom is 0.260 e. The fourth-order valence-corrected chi connectivity index (χ4v) is 2.99. The van der Waals surface area contributed by atoms with Crippen LogP contribution in [0.15, 0.2) is 24.3 Å². The summed E-state index contributed by atoms with van der Waals surface area (Å²) in [6, 6.07) is 7.75. The maximum atomic E-state index is 12.1. The van der Waals surface area contributed by atoms with Crippen molar-refractivity contribution in [2.24, 2.45) is 11.8 Å². The van der Waals surface area contributed by atoms with Crippen molar-refractivity contribution in [3.63, 3.8) is 0 Å². The van der Waals surface area contributed by atoms with Crippen LogP contribution >= 0.6 is 22.6 Å². The first-order valence-electron chi connectivity index (χ1n) is 6.70. The quantitative estimate of drug-likeness (QED) is 0.762. The van der Waals surface area contributed by atoms with Gasteiger partial charge in [0.2, 0.25) is 0 Å². The Bertz CT molecular complexity index is 422. The number of amides is 1. The third-order valence-electron chi connectivity index (χ3n) is 3.40. The van der Waals surface area contributed by atoms with Crippen LogP contribution in [0.3, 0.4) is 0 Å². The van der Waals surface area contributed by atoms with Gasteiger partial charge in [0.25, 0.3) is 5.91 Å². The van der Waals surface area contributed by atoms with E-state index in [1.54, 1.807) is 0 Å². The first-order chi connectivity index (χ1) is 9.04. The standard InChI is InChI=1S/C15H20INO2/c1-11-7-12(2)9-17(8-11)15(18)10-19-14-5-3-13(16)4-6-14/h3-6,11-12H,7-10H2,1-2H3. The van der Waals surface area contributed by atoms with Crippen molar-refractivity contribution in [2.45, 2.75) is 20.3 Å². The lowest BCUT2D eigenvalue weighted by Gasteiger charge is -2.34. The summed E-state index contributed by atoms with van der Waals surface area (Å²) < 4.78 is 6.71. The topological polar surface area (TPSA) is 29.5 Å². The molecule has 1 aliphatic rings. The molecule has 2 atom stereocenters. The first-order valence-corrected chi connectivity index (χ1v) is 7.78. The van der Waals surface area contributed by atoms with Crippen LogP contribution in [0.1, 0.15) is 20.3 Å². The molecule has 19 heavy (non-hydrogen) atoms. The average molecular weight is 373 g/mol. The van der Waals surface area contributed by atoms with Crippen LogP contribution in [0.5, 0.6) is 5.75 Å². The van der Waals surface area contributed by atoms with Gasteiger partial charge in [-0.25, -0.2) is 0 Å². The Balaban J connectivity index is 1.85. The Morgan fingerprint density at radius 1 is 1.26 bits per heavy atom. The van der Waals surface area contributed by atoms with E-state index >= 15 is 0 Å². The van der Waals surface area contributed by atoms with Crippen LogP contribution in [0, 0.1) is 15.4 Å². The number of likely N-dealkylation sites (tertiary alicyclic amines) is 1. The number of hydrogen-bond acceptors (Lipinski definition) is 2. The molecule has 1 aliphatic heterocycles. The average Bonchev–Trinajstić information content (AvgIpc) is 2.36. The van der Waals surface area contributed by atoms with E-state index in [4.69, 9.17) is 4.74 Å². The second-order valence-electron chi connectivity index (χ2n) is 5.49. The van der Waals surface area contributed by atoms with E-state index in [-0.39, 0.29) is 12.5 Å². The second-order valence-corrected chi connectivity index (χ2v) is 6.73. The highest BCUT2D eigenvalue weighted by Crippen LogP contribution is 2.21. The van der Waals surface area contributed by atoms with Gasteiger partial charge < -0.3 is 9.64 Å². The minimum Gasteiger partial charge on any atom is -0.484 e. The van der Waals surface area contributed by atoms with Crippen molar-refractivity contribution < 1.29 is 9.53 Å². The number of rotatable bonds is 3. The summed E-state index contributed by atoms with van der Waals surface area (Å²) in [5, 5.41) is 0. The summed E-state index contributed by atoms with van der Waals surface area (Å²) in [5.41, 5.74) is 0. The van der Waals surface area contributed by atoms with Crippen LogP contribution in [-0.2, 0) is 4.79 Å². The number of carbonyl (C=O) groups excluding carboxylic acids is 1. The molecular weight excluding hydrogens is 353 g/mol. The van der Waals surface area contributed by atoms with Crippen LogP contribution < -0.4 is 4.74 Å². The van der Waals surface area contributed by atoms with Crippen LogP contribution in [0.2, 0.25) is 0 Å². The molecule has 1 heterocycles. The maximum absolute atomic E-state index is 12.1. The van der Waals surface area contributed by atoms with Crippen molar-refractivity contribution >= 4 is 28.5 Å². The van der Waals surface area contributed by atoms with Crippen molar-refractivity contribution in [3.05, 3.63) is 27.8 Å². The minimum absolute atomic E-state index is 0.0944. The van der Waals surface area contributed by atoms with Gasteiger partial charge in [-0.15, -0.1) is 0 Å². The molecule has 0 bridgehead atoms. The zero-order valence-electron chi connectivity index (χ0n) is 11.4. The summed E-state index contributed by atoms with van der Waals surface area (Å²) in [6.45, 7) is 6.27. The Hall–Kier alpha value is -0.780. The smallest absolute Gasteiger partial charge is 0.260 e. The Morgan fingerprint density at radius 3 is 2.42 bits per heavy atom. The molecule has 0 saturated carbocycles.